The first-order valence-electron chi connectivity index (χ1n) is 8.98. The number of aromatic hydroxyl groups is 1. The zero-order chi connectivity index (χ0) is 17.8. The number of amides is 1. The van der Waals surface area contributed by atoms with E-state index in [0.29, 0.717) is 17.7 Å². The molecule has 6 heteroatoms. The molecular weight excluding hydrogens is 328 g/mol. The van der Waals surface area contributed by atoms with Crippen LogP contribution in [0.5, 0.6) is 5.75 Å². The molecule has 1 aliphatic carbocycles. The number of piperidine rings is 1. The molecule has 1 fully saturated rings. The largest absolute Gasteiger partial charge is 0.505 e. The molecule has 0 radical (unpaired) electrons. The maximum Gasteiger partial charge on any atom is 0.254 e. The van der Waals surface area contributed by atoms with Crippen molar-refractivity contribution in [3.05, 3.63) is 53.3 Å². The summed E-state index contributed by atoms with van der Waals surface area (Å²) in [6.07, 6.45) is 4.29. The number of nitrogens with zero attached hydrogens (tertiary/aromatic N) is 2. The summed E-state index contributed by atoms with van der Waals surface area (Å²) in [6.45, 7) is 0.739. The molecule has 1 saturated heterocycles. The summed E-state index contributed by atoms with van der Waals surface area (Å²) in [5.74, 6) is 0.482. The Labute approximate surface area is 150 Å². The van der Waals surface area contributed by atoms with Crippen LogP contribution in [0.4, 0.5) is 5.69 Å². The molecular formula is C20H20N4O2. The number of fused-ring (bicyclic) bond motifs is 4. The van der Waals surface area contributed by atoms with Gasteiger partial charge in [0.05, 0.1) is 23.0 Å². The molecule has 1 amide bonds. The van der Waals surface area contributed by atoms with Gasteiger partial charge in [-0.25, -0.2) is 4.98 Å². The summed E-state index contributed by atoms with van der Waals surface area (Å²) < 4.78 is 0. The zero-order valence-electron chi connectivity index (χ0n) is 14.3. The number of rotatable bonds is 1. The van der Waals surface area contributed by atoms with Crippen LogP contribution in [0.1, 0.15) is 40.2 Å². The highest BCUT2D eigenvalue weighted by molar-refractivity contribution is 5.97. The van der Waals surface area contributed by atoms with Gasteiger partial charge in [-0.3, -0.25) is 4.79 Å². The number of nitrogens with one attached hydrogen (secondary N) is 1. The molecule has 3 aromatic rings. The van der Waals surface area contributed by atoms with Gasteiger partial charge in [-0.1, -0.05) is 6.07 Å². The maximum atomic E-state index is 13.2. The fourth-order valence-corrected chi connectivity index (χ4v) is 4.60. The Bertz CT molecular complexity index is 1030. The van der Waals surface area contributed by atoms with Crippen molar-refractivity contribution in [1.82, 2.24) is 14.9 Å². The third kappa shape index (κ3) is 2.11. The number of phenolic OH excluding ortho intramolecular Hbond substituents is 1. The zero-order valence-corrected chi connectivity index (χ0v) is 14.3. The lowest BCUT2D eigenvalue weighted by molar-refractivity contribution is 0.0595. The van der Waals surface area contributed by atoms with Crippen molar-refractivity contribution in [3.8, 4) is 5.75 Å². The number of likely N-dealkylation sites (tertiary alicyclic amines) is 1. The van der Waals surface area contributed by atoms with Crippen LogP contribution in [0.15, 0.2) is 36.7 Å². The Morgan fingerprint density at radius 1 is 1.31 bits per heavy atom. The summed E-state index contributed by atoms with van der Waals surface area (Å²) in [4.78, 5) is 22.5. The summed E-state index contributed by atoms with van der Waals surface area (Å²) in [6, 6.07) is 9.45. The van der Waals surface area contributed by atoms with Gasteiger partial charge in [0.2, 0.25) is 0 Å². The number of aromatic nitrogens is 2. The number of benzene rings is 2. The smallest absolute Gasteiger partial charge is 0.254 e. The molecule has 0 spiro atoms. The van der Waals surface area contributed by atoms with Crippen LogP contribution in [0.2, 0.25) is 0 Å². The molecule has 4 N–H and O–H groups in total. The number of aromatic amines is 1. The number of nitrogens with two attached hydrogens (primary N) is 1. The molecule has 2 aromatic carbocycles. The fourth-order valence-electron chi connectivity index (χ4n) is 4.60. The lowest BCUT2D eigenvalue weighted by Crippen LogP contribution is -2.46. The number of nitrogen functional groups attached to an aromatic ring is 1. The Kier molecular flexibility index (Phi) is 3.22. The number of carbonyl (C=O) groups excluding carboxylic acids is 1. The molecule has 2 heterocycles. The molecule has 132 valence electrons. The van der Waals surface area contributed by atoms with Crippen LogP contribution in [0.25, 0.3) is 11.0 Å². The summed E-state index contributed by atoms with van der Waals surface area (Å²) >= 11 is 0. The number of imidazole rings is 1. The van der Waals surface area contributed by atoms with Crippen LogP contribution in [-0.2, 0) is 6.42 Å². The van der Waals surface area contributed by atoms with Gasteiger partial charge < -0.3 is 20.7 Å². The first kappa shape index (κ1) is 15.3. The highest BCUT2D eigenvalue weighted by atomic mass is 16.3. The van der Waals surface area contributed by atoms with Crippen molar-refractivity contribution in [2.24, 2.45) is 0 Å². The van der Waals surface area contributed by atoms with Crippen LogP contribution in [0.3, 0.4) is 0 Å². The van der Waals surface area contributed by atoms with E-state index in [1.165, 1.54) is 0 Å². The first-order valence-corrected chi connectivity index (χ1v) is 8.98. The monoisotopic (exact) mass is 348 g/mol. The van der Waals surface area contributed by atoms with E-state index in [1.54, 1.807) is 12.4 Å². The topological polar surface area (TPSA) is 95.2 Å². The van der Waals surface area contributed by atoms with Crippen molar-refractivity contribution in [2.75, 3.05) is 12.3 Å². The van der Waals surface area contributed by atoms with E-state index in [0.717, 1.165) is 41.5 Å². The molecule has 6 nitrogen and oxygen atoms in total. The van der Waals surface area contributed by atoms with E-state index in [-0.39, 0.29) is 23.6 Å². The minimum atomic E-state index is 0.0323. The van der Waals surface area contributed by atoms with Gasteiger partial charge in [0.25, 0.3) is 5.91 Å². The van der Waals surface area contributed by atoms with Crippen molar-refractivity contribution < 1.29 is 9.90 Å². The fraction of sp³-hybridized carbons (Fsp3) is 0.300. The van der Waals surface area contributed by atoms with Crippen molar-refractivity contribution in [3.63, 3.8) is 0 Å². The SMILES string of the molecule is Nc1ccc2c(c1O)C[C@H]1[C@@H]2CCCN1C(=O)c1ccc2[nH]cnc2c1. The second-order valence-corrected chi connectivity index (χ2v) is 7.22. The van der Waals surface area contributed by atoms with E-state index in [1.807, 2.05) is 29.2 Å². The Balaban J connectivity index is 1.50. The van der Waals surface area contributed by atoms with Gasteiger partial charge in [-0.05, 0) is 49.1 Å². The maximum absolute atomic E-state index is 13.2. The normalized spacial score (nSPS) is 21.6. The molecule has 1 aromatic heterocycles. The van der Waals surface area contributed by atoms with Gasteiger partial charge in [0.15, 0.2) is 0 Å². The molecule has 26 heavy (non-hydrogen) atoms. The molecule has 0 unspecified atom stereocenters. The quantitative estimate of drug-likeness (QED) is 0.465. The van der Waals surface area contributed by atoms with Gasteiger partial charge in [0.1, 0.15) is 5.75 Å². The van der Waals surface area contributed by atoms with Gasteiger partial charge in [0, 0.05) is 29.6 Å². The second kappa shape index (κ2) is 5.49. The molecule has 5 rings (SSSR count). The average molecular weight is 348 g/mol. The summed E-state index contributed by atoms with van der Waals surface area (Å²) in [5.41, 5.74) is 10.7. The predicted octanol–water partition coefficient (Wildman–Crippen LogP) is 2.80. The number of H-pyrrole nitrogens is 1. The van der Waals surface area contributed by atoms with Gasteiger partial charge in [-0.2, -0.15) is 0 Å². The Hall–Kier alpha value is -3.02. The minimum Gasteiger partial charge on any atom is -0.505 e. The number of phenols is 1. The highest BCUT2D eigenvalue weighted by Gasteiger charge is 2.42. The van der Waals surface area contributed by atoms with Crippen molar-refractivity contribution in [2.45, 2.75) is 31.2 Å². The molecule has 1 aliphatic heterocycles. The van der Waals surface area contributed by atoms with E-state index in [2.05, 4.69) is 9.97 Å². The highest BCUT2D eigenvalue weighted by Crippen LogP contribution is 2.46. The third-order valence-corrected chi connectivity index (χ3v) is 5.87. The first-order chi connectivity index (χ1) is 12.6. The predicted molar refractivity (Wildman–Crippen MR) is 99.1 cm³/mol. The van der Waals surface area contributed by atoms with E-state index >= 15 is 0 Å². The Morgan fingerprint density at radius 3 is 3.08 bits per heavy atom. The lowest BCUT2D eigenvalue weighted by atomic mass is 9.88. The molecule has 0 bridgehead atoms. The second-order valence-electron chi connectivity index (χ2n) is 7.22. The number of anilines is 1. The van der Waals surface area contributed by atoms with Crippen LogP contribution in [0, 0.1) is 0 Å². The average Bonchev–Trinajstić information content (AvgIpc) is 3.27. The number of hydrogen-bond donors (Lipinski definition) is 3. The Morgan fingerprint density at radius 2 is 2.19 bits per heavy atom. The minimum absolute atomic E-state index is 0.0323. The van der Waals surface area contributed by atoms with E-state index in [9.17, 15) is 9.90 Å². The lowest BCUT2D eigenvalue weighted by Gasteiger charge is -2.38. The van der Waals surface area contributed by atoms with E-state index in [4.69, 9.17) is 5.73 Å². The summed E-state index contributed by atoms with van der Waals surface area (Å²) in [7, 11) is 0. The van der Waals surface area contributed by atoms with Crippen molar-refractivity contribution in [1.29, 1.82) is 0 Å². The molecule has 2 atom stereocenters. The van der Waals surface area contributed by atoms with Gasteiger partial charge >= 0.3 is 0 Å². The summed E-state index contributed by atoms with van der Waals surface area (Å²) in [5, 5.41) is 10.4. The van der Waals surface area contributed by atoms with Crippen LogP contribution < -0.4 is 5.73 Å². The number of carbonyl (C=O) groups is 1. The van der Waals surface area contributed by atoms with Crippen LogP contribution >= 0.6 is 0 Å². The number of hydrogen-bond acceptors (Lipinski definition) is 4. The van der Waals surface area contributed by atoms with Crippen LogP contribution in [-0.4, -0.2) is 38.5 Å². The van der Waals surface area contributed by atoms with E-state index < -0.39 is 0 Å². The molecule has 2 aliphatic rings. The third-order valence-electron chi connectivity index (χ3n) is 5.87. The molecule has 0 saturated carbocycles. The van der Waals surface area contributed by atoms with Crippen molar-refractivity contribution >= 4 is 22.6 Å². The van der Waals surface area contributed by atoms with Gasteiger partial charge in [-0.15, -0.1) is 0 Å². The standard InChI is InChI=1S/C20H20N4O2/c21-15-5-4-12-13-2-1-7-24(18(13)9-14(12)19(15)25)20(26)11-3-6-16-17(8-11)23-10-22-16/h3-6,8,10,13,18,25H,1-2,7,9,21H2,(H,22,23)/t13-,18+/m1/s1.